The van der Waals surface area contributed by atoms with Crippen molar-refractivity contribution in [2.75, 3.05) is 0 Å². The van der Waals surface area contributed by atoms with E-state index in [0.29, 0.717) is 0 Å². The molecule has 0 atom stereocenters. The van der Waals surface area contributed by atoms with Gasteiger partial charge in [0.15, 0.2) is 23.3 Å². The number of hydrogen-bond donors (Lipinski definition) is 2. The zero-order chi connectivity index (χ0) is 20.9. The minimum Gasteiger partial charge on any atom is -0.284 e. The minimum absolute atomic E-state index is 0.0468. The van der Waals surface area contributed by atoms with Gasteiger partial charge in [-0.05, 0) is 24.3 Å². The summed E-state index contributed by atoms with van der Waals surface area (Å²) in [6, 6.07) is -0.00165. The van der Waals surface area contributed by atoms with Gasteiger partial charge in [-0.3, -0.25) is 9.11 Å². The van der Waals surface area contributed by atoms with Gasteiger partial charge >= 0.3 is 0 Å². The first-order valence-electron chi connectivity index (χ1n) is 6.40. The van der Waals surface area contributed by atoms with Crippen LogP contribution in [0.5, 0.6) is 0 Å². The molecule has 6 nitrogen and oxygen atoms in total. The highest BCUT2D eigenvalue weighted by Gasteiger charge is 2.64. The zero-order valence-corrected chi connectivity index (χ0v) is 14.1. The van der Waals surface area contributed by atoms with E-state index in [1.165, 1.54) is 0 Å². The highest BCUT2D eigenvalue weighted by atomic mass is 32.3. The second kappa shape index (κ2) is 6.47. The van der Waals surface area contributed by atoms with E-state index in [1.807, 2.05) is 0 Å². The summed E-state index contributed by atoms with van der Waals surface area (Å²) in [5.74, 6) is -14.0. The van der Waals surface area contributed by atoms with Crippen LogP contribution in [0, 0.1) is 34.9 Å². The van der Waals surface area contributed by atoms with E-state index in [0.717, 1.165) is 0 Å². The summed E-state index contributed by atoms with van der Waals surface area (Å²) in [7, 11) is -13.3. The SMILES string of the molecule is O=S(=O)(O)C(c1c(F)ccc(F)c1F)(c1c(F)ccc(F)c1F)S(=O)(=O)O. The van der Waals surface area contributed by atoms with Crippen LogP contribution in [0.25, 0.3) is 0 Å². The molecule has 0 aliphatic heterocycles. The van der Waals surface area contributed by atoms with Crippen molar-refractivity contribution in [3.05, 3.63) is 70.3 Å². The minimum atomic E-state index is -6.65. The molecular weight excluding hydrogens is 430 g/mol. The van der Waals surface area contributed by atoms with Crippen molar-refractivity contribution in [2.24, 2.45) is 0 Å². The quantitative estimate of drug-likeness (QED) is 0.433. The molecule has 0 spiro atoms. The highest BCUT2D eigenvalue weighted by molar-refractivity contribution is 8.04. The second-order valence-electron chi connectivity index (χ2n) is 5.00. The number of benzene rings is 2. The first kappa shape index (κ1) is 21.1. The van der Waals surface area contributed by atoms with E-state index in [1.54, 1.807) is 0 Å². The maximum Gasteiger partial charge on any atom is 0.297 e. The van der Waals surface area contributed by atoms with Gasteiger partial charge in [0.25, 0.3) is 24.3 Å². The lowest BCUT2D eigenvalue weighted by Gasteiger charge is -2.29. The number of halogens is 6. The van der Waals surface area contributed by atoms with Gasteiger partial charge in [0.1, 0.15) is 11.6 Å². The molecular formula is C13H6F6O6S2. The molecule has 0 saturated heterocycles. The van der Waals surface area contributed by atoms with Crippen LogP contribution in [-0.4, -0.2) is 25.9 Å². The third kappa shape index (κ3) is 2.97. The Hall–Kier alpha value is -2.16. The number of rotatable bonds is 4. The van der Waals surface area contributed by atoms with Gasteiger partial charge in [-0.2, -0.15) is 16.8 Å². The molecule has 2 rings (SSSR count). The van der Waals surface area contributed by atoms with Crippen molar-refractivity contribution in [1.29, 1.82) is 0 Å². The fourth-order valence-corrected chi connectivity index (χ4v) is 5.28. The van der Waals surface area contributed by atoms with E-state index in [2.05, 4.69) is 0 Å². The van der Waals surface area contributed by atoms with Crippen LogP contribution >= 0.6 is 0 Å². The fourth-order valence-electron chi connectivity index (χ4n) is 2.43. The molecule has 0 radical (unpaired) electrons. The Bertz CT molecular complexity index is 1050. The largest absolute Gasteiger partial charge is 0.297 e. The van der Waals surface area contributed by atoms with Crippen LogP contribution in [0.2, 0.25) is 0 Å². The van der Waals surface area contributed by atoms with Gasteiger partial charge < -0.3 is 0 Å². The first-order valence-corrected chi connectivity index (χ1v) is 9.28. The molecule has 2 N–H and O–H groups in total. The van der Waals surface area contributed by atoms with Gasteiger partial charge in [0, 0.05) is 0 Å². The molecule has 0 saturated carbocycles. The molecule has 0 aromatic heterocycles. The number of hydrogen-bond acceptors (Lipinski definition) is 4. The molecule has 2 aromatic carbocycles. The molecule has 148 valence electrons. The smallest absolute Gasteiger partial charge is 0.284 e. The zero-order valence-electron chi connectivity index (χ0n) is 12.4. The van der Waals surface area contributed by atoms with Crippen LogP contribution in [0.3, 0.4) is 0 Å². The Kier molecular flexibility index (Phi) is 5.07. The Morgan fingerprint density at radius 3 is 1.11 bits per heavy atom. The van der Waals surface area contributed by atoms with Gasteiger partial charge in [-0.25, -0.2) is 26.3 Å². The van der Waals surface area contributed by atoms with E-state index in [4.69, 9.17) is 0 Å². The second-order valence-corrected chi connectivity index (χ2v) is 8.39. The van der Waals surface area contributed by atoms with Gasteiger partial charge in [0.05, 0.1) is 11.1 Å². The lowest BCUT2D eigenvalue weighted by Crippen LogP contribution is -2.47. The van der Waals surface area contributed by atoms with Gasteiger partial charge in [0.2, 0.25) is 0 Å². The standard InChI is InChI=1S/C13H6F6O6S2/c14-5-1-3-7(16)11(18)9(5)13(26(20,21)22,27(23,24)25)10-6(15)2-4-8(17)12(10)19/h1-4H,(H,20,21,22)(H,23,24,25). The summed E-state index contributed by atoms with van der Waals surface area (Å²) < 4.78 is 145. The maximum atomic E-state index is 14.2. The lowest BCUT2D eigenvalue weighted by atomic mass is 10.0. The van der Waals surface area contributed by atoms with Crippen molar-refractivity contribution in [2.45, 2.75) is 4.08 Å². The summed E-state index contributed by atoms with van der Waals surface area (Å²) >= 11 is 0. The summed E-state index contributed by atoms with van der Waals surface area (Å²) in [5, 5.41) is 0. The first-order chi connectivity index (χ1) is 12.2. The summed E-state index contributed by atoms with van der Waals surface area (Å²) in [6.45, 7) is 0. The molecule has 0 heterocycles. The summed E-state index contributed by atoms with van der Waals surface area (Å²) in [4.78, 5) is 0. The van der Waals surface area contributed by atoms with E-state index in [-0.39, 0.29) is 24.3 Å². The Morgan fingerprint density at radius 1 is 0.593 bits per heavy atom. The van der Waals surface area contributed by atoms with E-state index in [9.17, 15) is 52.3 Å². The van der Waals surface area contributed by atoms with Crippen LogP contribution < -0.4 is 0 Å². The highest BCUT2D eigenvalue weighted by Crippen LogP contribution is 2.46. The molecule has 0 fully saturated rings. The normalized spacial score (nSPS) is 13.0. The van der Waals surface area contributed by atoms with Crippen molar-refractivity contribution in [3.63, 3.8) is 0 Å². The molecule has 0 bridgehead atoms. The van der Waals surface area contributed by atoms with E-state index >= 15 is 0 Å². The lowest BCUT2D eigenvalue weighted by molar-refractivity contribution is 0.402. The molecule has 0 amide bonds. The topological polar surface area (TPSA) is 109 Å². The summed E-state index contributed by atoms with van der Waals surface area (Å²) in [6.07, 6.45) is 0. The molecule has 2 aromatic rings. The van der Waals surface area contributed by atoms with Crippen molar-refractivity contribution >= 4 is 20.2 Å². The fraction of sp³-hybridized carbons (Fsp3) is 0.0769. The molecule has 0 aliphatic carbocycles. The van der Waals surface area contributed by atoms with Crippen molar-refractivity contribution < 1.29 is 52.3 Å². The van der Waals surface area contributed by atoms with Crippen LogP contribution in [0.15, 0.2) is 24.3 Å². The predicted molar refractivity (Wildman–Crippen MR) is 76.5 cm³/mol. The van der Waals surface area contributed by atoms with Crippen LogP contribution in [0.4, 0.5) is 26.3 Å². The maximum absolute atomic E-state index is 14.2. The Balaban J connectivity index is 3.36. The molecule has 27 heavy (non-hydrogen) atoms. The Morgan fingerprint density at radius 2 is 0.852 bits per heavy atom. The van der Waals surface area contributed by atoms with Crippen molar-refractivity contribution in [1.82, 2.24) is 0 Å². The van der Waals surface area contributed by atoms with E-state index < -0.39 is 70.3 Å². The summed E-state index contributed by atoms with van der Waals surface area (Å²) in [5.41, 5.74) is -5.01. The van der Waals surface area contributed by atoms with Crippen molar-refractivity contribution in [3.8, 4) is 0 Å². The average Bonchev–Trinajstić information content (AvgIpc) is 2.51. The van der Waals surface area contributed by atoms with Gasteiger partial charge in [-0.1, -0.05) is 0 Å². The van der Waals surface area contributed by atoms with Crippen LogP contribution in [-0.2, 0) is 24.3 Å². The third-order valence-corrected chi connectivity index (χ3v) is 7.01. The monoisotopic (exact) mass is 436 g/mol. The third-order valence-electron chi connectivity index (χ3n) is 3.47. The predicted octanol–water partition coefficient (Wildman–Crippen LogP) is 2.50. The van der Waals surface area contributed by atoms with Crippen LogP contribution in [0.1, 0.15) is 11.1 Å². The molecule has 14 heteroatoms. The molecule has 0 unspecified atom stereocenters. The molecule has 0 aliphatic rings. The average molecular weight is 436 g/mol. The van der Waals surface area contributed by atoms with Gasteiger partial charge in [-0.15, -0.1) is 0 Å². The Labute approximate surface area is 147 Å².